The summed E-state index contributed by atoms with van der Waals surface area (Å²) in [7, 11) is 0. The number of thiophene rings is 1. The third-order valence-electron chi connectivity index (χ3n) is 4.41. The number of hydrogen-bond donors (Lipinski definition) is 1. The van der Waals surface area contributed by atoms with Gasteiger partial charge < -0.3 is 19.4 Å². The van der Waals surface area contributed by atoms with E-state index >= 15 is 0 Å². The molecule has 0 radical (unpaired) electrons. The van der Waals surface area contributed by atoms with Gasteiger partial charge in [0.1, 0.15) is 5.75 Å². The molecule has 0 atom stereocenters. The molecule has 144 valence electrons. The van der Waals surface area contributed by atoms with Crippen LogP contribution in [0.1, 0.15) is 28.3 Å². The minimum atomic E-state index is -0.339. The number of anilines is 1. The summed E-state index contributed by atoms with van der Waals surface area (Å²) in [5.74, 6) is 0.391. The van der Waals surface area contributed by atoms with Crippen LogP contribution in [0.2, 0.25) is 0 Å². The third-order valence-corrected chi connectivity index (χ3v) is 5.27. The van der Waals surface area contributed by atoms with Crippen molar-refractivity contribution >= 4 is 28.8 Å². The number of carbonyl (C=O) groups is 2. The summed E-state index contributed by atoms with van der Waals surface area (Å²) in [5.41, 5.74) is 0.573. The number of benzene rings is 1. The summed E-state index contributed by atoms with van der Waals surface area (Å²) in [4.78, 5) is 27.8. The molecule has 1 N–H and O–H groups in total. The fraction of sp³-hybridized carbons (Fsp3) is 0.238. The number of hydrogen-bond acceptors (Lipinski definition) is 5. The van der Waals surface area contributed by atoms with Crippen LogP contribution in [0, 0.1) is 0 Å². The largest absolute Gasteiger partial charge is 0.484 e. The van der Waals surface area contributed by atoms with Gasteiger partial charge in [0, 0.05) is 22.7 Å². The van der Waals surface area contributed by atoms with Crippen molar-refractivity contribution in [1.82, 2.24) is 4.90 Å². The lowest BCUT2D eigenvalue weighted by atomic mass is 10.3. The Morgan fingerprint density at radius 2 is 2.07 bits per heavy atom. The van der Waals surface area contributed by atoms with Gasteiger partial charge in [0.25, 0.3) is 11.8 Å². The van der Waals surface area contributed by atoms with E-state index in [2.05, 4.69) is 5.32 Å². The Morgan fingerprint density at radius 3 is 2.79 bits per heavy atom. The molecule has 1 aliphatic carbocycles. The van der Waals surface area contributed by atoms with Crippen LogP contribution < -0.4 is 10.1 Å². The zero-order chi connectivity index (χ0) is 19.3. The fourth-order valence-electron chi connectivity index (χ4n) is 2.87. The molecule has 28 heavy (non-hydrogen) atoms. The van der Waals surface area contributed by atoms with Crippen molar-refractivity contribution in [3.63, 3.8) is 0 Å². The normalized spacial score (nSPS) is 13.1. The maximum absolute atomic E-state index is 12.7. The standard InChI is InChI=1S/C21H20N2O4S/c24-20(23(16-8-9-16)13-18-6-3-11-28-18)14-27-17-5-1-4-15(12-17)22-21(25)19-7-2-10-26-19/h1-7,10-12,16H,8-9,13-14H2,(H,22,25). The smallest absolute Gasteiger partial charge is 0.291 e. The molecule has 3 aromatic rings. The predicted molar refractivity (Wildman–Crippen MR) is 106 cm³/mol. The third kappa shape index (κ3) is 4.61. The average Bonchev–Trinajstić information content (AvgIpc) is 3.17. The number of furan rings is 1. The highest BCUT2D eigenvalue weighted by molar-refractivity contribution is 7.09. The van der Waals surface area contributed by atoms with Gasteiger partial charge in [0.15, 0.2) is 12.4 Å². The van der Waals surface area contributed by atoms with Crippen molar-refractivity contribution in [3.8, 4) is 5.75 Å². The lowest BCUT2D eigenvalue weighted by molar-refractivity contribution is -0.134. The van der Waals surface area contributed by atoms with Gasteiger partial charge in [-0.2, -0.15) is 0 Å². The second-order valence-electron chi connectivity index (χ2n) is 6.58. The van der Waals surface area contributed by atoms with Gasteiger partial charge in [-0.25, -0.2) is 0 Å². The Kier molecular flexibility index (Phi) is 5.43. The average molecular weight is 396 g/mol. The number of ether oxygens (including phenoxy) is 1. The number of nitrogens with zero attached hydrogens (tertiary/aromatic N) is 1. The summed E-state index contributed by atoms with van der Waals surface area (Å²) in [6.07, 6.45) is 3.54. The molecule has 2 aromatic heterocycles. The van der Waals surface area contributed by atoms with Crippen molar-refractivity contribution in [1.29, 1.82) is 0 Å². The Hall–Kier alpha value is -3.06. The first kappa shape index (κ1) is 18.3. The molecule has 4 rings (SSSR count). The molecule has 6 nitrogen and oxygen atoms in total. The van der Waals surface area contributed by atoms with E-state index in [4.69, 9.17) is 9.15 Å². The van der Waals surface area contributed by atoms with Crippen molar-refractivity contribution in [2.24, 2.45) is 0 Å². The van der Waals surface area contributed by atoms with Crippen molar-refractivity contribution in [3.05, 3.63) is 70.8 Å². The van der Waals surface area contributed by atoms with Gasteiger partial charge in [0.2, 0.25) is 0 Å². The lowest BCUT2D eigenvalue weighted by Crippen LogP contribution is -2.36. The van der Waals surface area contributed by atoms with E-state index in [1.165, 1.54) is 11.1 Å². The molecule has 1 aromatic carbocycles. The first-order chi connectivity index (χ1) is 13.7. The first-order valence-electron chi connectivity index (χ1n) is 9.08. The van der Waals surface area contributed by atoms with Crippen LogP contribution in [0.15, 0.2) is 64.6 Å². The minimum Gasteiger partial charge on any atom is -0.484 e. The SMILES string of the molecule is O=C(Nc1cccc(OCC(=O)N(Cc2cccs2)C2CC2)c1)c1ccco1. The van der Waals surface area contributed by atoms with E-state index in [9.17, 15) is 9.59 Å². The molecule has 1 aliphatic rings. The molecule has 1 fully saturated rings. The molecular weight excluding hydrogens is 376 g/mol. The van der Waals surface area contributed by atoms with E-state index in [0.29, 0.717) is 24.0 Å². The highest BCUT2D eigenvalue weighted by Gasteiger charge is 2.32. The second kappa shape index (κ2) is 8.31. The monoisotopic (exact) mass is 396 g/mol. The van der Waals surface area contributed by atoms with Gasteiger partial charge in [-0.15, -0.1) is 11.3 Å². The van der Waals surface area contributed by atoms with Crippen LogP contribution in [0.5, 0.6) is 5.75 Å². The van der Waals surface area contributed by atoms with Gasteiger partial charge >= 0.3 is 0 Å². The highest BCUT2D eigenvalue weighted by Crippen LogP contribution is 2.29. The van der Waals surface area contributed by atoms with Crippen LogP contribution in [0.25, 0.3) is 0 Å². The predicted octanol–water partition coefficient (Wildman–Crippen LogP) is 4.16. The topological polar surface area (TPSA) is 71.8 Å². The molecule has 0 saturated heterocycles. The van der Waals surface area contributed by atoms with Crippen molar-refractivity contribution in [2.45, 2.75) is 25.4 Å². The lowest BCUT2D eigenvalue weighted by Gasteiger charge is -2.22. The first-order valence-corrected chi connectivity index (χ1v) is 9.96. The maximum atomic E-state index is 12.7. The number of rotatable bonds is 8. The van der Waals surface area contributed by atoms with Crippen LogP contribution in [0.4, 0.5) is 5.69 Å². The Labute approximate surface area is 166 Å². The van der Waals surface area contributed by atoms with Gasteiger partial charge in [0.05, 0.1) is 12.8 Å². The van der Waals surface area contributed by atoms with E-state index in [-0.39, 0.29) is 24.2 Å². The Bertz CT molecular complexity index is 933. The summed E-state index contributed by atoms with van der Waals surface area (Å²) in [6.45, 7) is 0.598. The molecule has 2 heterocycles. The van der Waals surface area contributed by atoms with Crippen LogP contribution in [0.3, 0.4) is 0 Å². The maximum Gasteiger partial charge on any atom is 0.291 e. The molecule has 1 saturated carbocycles. The summed E-state index contributed by atoms with van der Waals surface area (Å²) in [6, 6.07) is 14.6. The molecule has 0 unspecified atom stereocenters. The summed E-state index contributed by atoms with van der Waals surface area (Å²) >= 11 is 1.65. The van der Waals surface area contributed by atoms with Crippen LogP contribution >= 0.6 is 11.3 Å². The molecule has 0 bridgehead atoms. The van der Waals surface area contributed by atoms with Crippen molar-refractivity contribution < 1.29 is 18.7 Å². The zero-order valence-electron chi connectivity index (χ0n) is 15.2. The van der Waals surface area contributed by atoms with Crippen LogP contribution in [-0.2, 0) is 11.3 Å². The molecule has 0 spiro atoms. The number of amides is 2. The van der Waals surface area contributed by atoms with Crippen LogP contribution in [-0.4, -0.2) is 29.4 Å². The van der Waals surface area contributed by atoms with E-state index in [1.807, 2.05) is 22.4 Å². The molecule has 7 heteroatoms. The fourth-order valence-corrected chi connectivity index (χ4v) is 3.57. The second-order valence-corrected chi connectivity index (χ2v) is 7.61. The van der Waals surface area contributed by atoms with E-state index < -0.39 is 0 Å². The quantitative estimate of drug-likeness (QED) is 0.620. The zero-order valence-corrected chi connectivity index (χ0v) is 16.0. The van der Waals surface area contributed by atoms with Gasteiger partial charge in [-0.1, -0.05) is 12.1 Å². The summed E-state index contributed by atoms with van der Waals surface area (Å²) in [5, 5.41) is 4.76. The van der Waals surface area contributed by atoms with Gasteiger partial charge in [-0.05, 0) is 48.6 Å². The van der Waals surface area contributed by atoms with Gasteiger partial charge in [-0.3, -0.25) is 9.59 Å². The van der Waals surface area contributed by atoms with Crippen molar-refractivity contribution in [2.75, 3.05) is 11.9 Å². The Balaban J connectivity index is 1.35. The minimum absolute atomic E-state index is 0.0269. The summed E-state index contributed by atoms with van der Waals surface area (Å²) < 4.78 is 10.8. The number of carbonyl (C=O) groups excluding carboxylic acids is 2. The molecule has 0 aliphatic heterocycles. The molecule has 2 amide bonds. The van der Waals surface area contributed by atoms with E-state index in [1.54, 1.807) is 47.7 Å². The highest BCUT2D eigenvalue weighted by atomic mass is 32.1. The van der Waals surface area contributed by atoms with E-state index in [0.717, 1.165) is 12.8 Å². The number of nitrogens with one attached hydrogen (secondary N) is 1. The Morgan fingerprint density at radius 1 is 1.18 bits per heavy atom. The molecular formula is C21H20N2O4S.